The lowest BCUT2D eigenvalue weighted by Gasteiger charge is -2.36. The summed E-state index contributed by atoms with van der Waals surface area (Å²) in [5.74, 6) is 2.22. The molecule has 2 aromatic carbocycles. The van der Waals surface area contributed by atoms with Gasteiger partial charge in [-0.2, -0.15) is 0 Å². The molecule has 212 valence electrons. The third-order valence-electron chi connectivity index (χ3n) is 7.99. The number of halogens is 2. The molecule has 2 fully saturated rings. The van der Waals surface area contributed by atoms with Crippen molar-refractivity contribution < 1.29 is 9.13 Å². The summed E-state index contributed by atoms with van der Waals surface area (Å²) in [4.78, 5) is 24.6. The van der Waals surface area contributed by atoms with E-state index in [2.05, 4.69) is 20.2 Å². The number of anilines is 1. The molecule has 11 heteroatoms. The topological polar surface area (TPSA) is 103 Å². The molecule has 2 atom stereocenters. The number of nitrogen functional groups attached to an aromatic ring is 1. The van der Waals surface area contributed by atoms with Crippen molar-refractivity contribution in [3.05, 3.63) is 71.4 Å². The van der Waals surface area contributed by atoms with Crippen molar-refractivity contribution in [1.82, 2.24) is 29.3 Å². The molecule has 0 bridgehead atoms. The second-order valence-electron chi connectivity index (χ2n) is 10.5. The van der Waals surface area contributed by atoms with Gasteiger partial charge in [0.1, 0.15) is 29.5 Å². The Morgan fingerprint density at radius 1 is 1.00 bits per heavy atom. The van der Waals surface area contributed by atoms with Gasteiger partial charge in [0.25, 0.3) is 0 Å². The molecule has 2 aliphatic rings. The molecule has 6 rings (SSSR count). The number of nitrogens with two attached hydrogens (primary N) is 1. The Balaban J connectivity index is 0.00000323. The molecule has 0 radical (unpaired) electrons. The minimum absolute atomic E-state index is 0. The minimum Gasteiger partial charge on any atom is -0.457 e. The number of aromatic nitrogens is 4. The van der Waals surface area contributed by atoms with Gasteiger partial charge in [-0.3, -0.25) is 9.13 Å². The number of piperidine rings is 2. The number of nitrogens with one attached hydrogen (secondary N) is 1. The van der Waals surface area contributed by atoms with E-state index in [1.165, 1.54) is 28.3 Å². The van der Waals surface area contributed by atoms with Crippen LogP contribution in [0.25, 0.3) is 16.9 Å². The number of rotatable bonds is 7. The van der Waals surface area contributed by atoms with Gasteiger partial charge in [0.15, 0.2) is 11.5 Å². The van der Waals surface area contributed by atoms with Crippen LogP contribution < -0.4 is 21.5 Å². The summed E-state index contributed by atoms with van der Waals surface area (Å²) in [5, 5.41) is 3.40. The van der Waals surface area contributed by atoms with Gasteiger partial charge in [-0.25, -0.2) is 19.2 Å². The zero-order valence-corrected chi connectivity index (χ0v) is 23.1. The molecule has 3 N–H and O–H groups in total. The Labute approximate surface area is 238 Å². The highest BCUT2D eigenvalue weighted by atomic mass is 35.5. The zero-order valence-electron chi connectivity index (χ0n) is 22.3. The Kier molecular flexibility index (Phi) is 8.68. The third-order valence-corrected chi connectivity index (χ3v) is 7.99. The Morgan fingerprint density at radius 3 is 2.45 bits per heavy atom. The predicted octanol–water partition coefficient (Wildman–Crippen LogP) is 4.35. The van der Waals surface area contributed by atoms with Crippen molar-refractivity contribution in [2.24, 2.45) is 5.92 Å². The molecule has 4 heterocycles. The van der Waals surface area contributed by atoms with E-state index in [9.17, 15) is 4.79 Å². The van der Waals surface area contributed by atoms with Crippen LogP contribution >= 0.6 is 12.4 Å². The number of imidazole rings is 1. The van der Waals surface area contributed by atoms with Gasteiger partial charge < -0.3 is 20.7 Å². The summed E-state index contributed by atoms with van der Waals surface area (Å²) in [5.41, 5.74) is 7.21. The highest BCUT2D eigenvalue weighted by Gasteiger charge is 2.34. The standard InChI is InChI=1S/C29H34FN7O2.ClH/c30-24-18-35(16-12-20-10-14-32-15-11-20)17-13-25(24)37-28-26(27(31)33-19-34-28)36(29(37)38)21-6-8-23(9-7-21)39-22-4-2-1-3-5-22;/h1-9,19-20,24-25,32H,10-18H2,(H2,31,33,34);1H/t24-,25+;/m0./s1. The van der Waals surface area contributed by atoms with Gasteiger partial charge in [0.2, 0.25) is 0 Å². The van der Waals surface area contributed by atoms with Crippen LogP contribution in [0, 0.1) is 5.92 Å². The second kappa shape index (κ2) is 12.4. The van der Waals surface area contributed by atoms with Crippen molar-refractivity contribution in [2.75, 3.05) is 38.5 Å². The zero-order chi connectivity index (χ0) is 26.8. The van der Waals surface area contributed by atoms with Gasteiger partial charge in [-0.05, 0) is 87.6 Å². The number of benzene rings is 2. The fraction of sp³-hybridized carbons (Fsp3) is 0.414. The molecule has 9 nitrogen and oxygen atoms in total. The normalized spacial score (nSPS) is 20.3. The fourth-order valence-corrected chi connectivity index (χ4v) is 5.88. The first-order valence-corrected chi connectivity index (χ1v) is 13.7. The smallest absolute Gasteiger partial charge is 0.335 e. The molecule has 2 aromatic heterocycles. The number of para-hydroxylation sites is 1. The number of nitrogens with zero attached hydrogens (tertiary/aromatic N) is 5. The van der Waals surface area contributed by atoms with Crippen molar-refractivity contribution in [1.29, 1.82) is 0 Å². The van der Waals surface area contributed by atoms with Crippen LogP contribution in [0.4, 0.5) is 10.2 Å². The molecule has 0 unspecified atom stereocenters. The summed E-state index contributed by atoms with van der Waals surface area (Å²) in [6.07, 6.45) is 4.12. The number of ether oxygens (including phenoxy) is 1. The SMILES string of the molecule is Cl.Nc1ncnc2c1n(-c1ccc(Oc3ccccc3)cc1)c(=O)n2[C@@H]1CCN(CCC2CCNCC2)C[C@@H]1F. The maximum absolute atomic E-state index is 15.7. The molecule has 0 spiro atoms. The van der Waals surface area contributed by atoms with Crippen LogP contribution in [-0.4, -0.2) is 62.9 Å². The lowest BCUT2D eigenvalue weighted by Crippen LogP contribution is -2.45. The van der Waals surface area contributed by atoms with E-state index in [1.807, 2.05) is 30.3 Å². The first kappa shape index (κ1) is 28.1. The molecular weight excluding hydrogens is 533 g/mol. The quantitative estimate of drug-likeness (QED) is 0.342. The highest BCUT2D eigenvalue weighted by Crippen LogP contribution is 2.31. The van der Waals surface area contributed by atoms with Crippen molar-refractivity contribution in [2.45, 2.75) is 37.9 Å². The first-order valence-electron chi connectivity index (χ1n) is 13.7. The van der Waals surface area contributed by atoms with Gasteiger partial charge in [0.05, 0.1) is 11.7 Å². The lowest BCUT2D eigenvalue weighted by molar-refractivity contribution is 0.0840. The lowest BCUT2D eigenvalue weighted by atomic mass is 9.94. The van der Waals surface area contributed by atoms with Gasteiger partial charge in [-0.1, -0.05) is 18.2 Å². The molecular formula is C29H35ClFN7O2. The molecule has 4 aromatic rings. The summed E-state index contributed by atoms with van der Waals surface area (Å²) in [6.45, 7) is 4.07. The van der Waals surface area contributed by atoms with E-state index < -0.39 is 12.2 Å². The maximum Gasteiger partial charge on any atom is 0.335 e. The largest absolute Gasteiger partial charge is 0.457 e. The first-order chi connectivity index (χ1) is 19.1. The number of fused-ring (bicyclic) bond motifs is 1. The van der Waals surface area contributed by atoms with Crippen LogP contribution in [0.15, 0.2) is 65.7 Å². The Bertz CT molecular complexity index is 1470. The fourth-order valence-electron chi connectivity index (χ4n) is 5.88. The van der Waals surface area contributed by atoms with Crippen molar-refractivity contribution in [3.63, 3.8) is 0 Å². The van der Waals surface area contributed by atoms with E-state index in [4.69, 9.17) is 10.5 Å². The van der Waals surface area contributed by atoms with E-state index >= 15 is 4.39 Å². The summed E-state index contributed by atoms with van der Waals surface area (Å²) in [7, 11) is 0. The van der Waals surface area contributed by atoms with Crippen molar-refractivity contribution in [3.8, 4) is 17.2 Å². The van der Waals surface area contributed by atoms with E-state index in [0.29, 0.717) is 47.2 Å². The number of hydrogen-bond acceptors (Lipinski definition) is 7. The van der Waals surface area contributed by atoms with E-state index in [1.54, 1.807) is 24.3 Å². The molecule has 0 aliphatic carbocycles. The number of hydrogen-bond donors (Lipinski definition) is 2. The Hall–Kier alpha value is -3.47. The third kappa shape index (κ3) is 5.70. The van der Waals surface area contributed by atoms with E-state index in [0.717, 1.165) is 32.6 Å². The maximum atomic E-state index is 15.7. The van der Waals surface area contributed by atoms with Gasteiger partial charge >= 0.3 is 5.69 Å². The highest BCUT2D eigenvalue weighted by molar-refractivity contribution is 5.85. The van der Waals surface area contributed by atoms with Gasteiger partial charge in [0, 0.05) is 13.1 Å². The second-order valence-corrected chi connectivity index (χ2v) is 10.5. The van der Waals surface area contributed by atoms with Crippen LogP contribution in [0.3, 0.4) is 0 Å². The summed E-state index contributed by atoms with van der Waals surface area (Å²) in [6, 6.07) is 16.0. The molecule has 0 amide bonds. The van der Waals surface area contributed by atoms with Crippen LogP contribution in [0.2, 0.25) is 0 Å². The van der Waals surface area contributed by atoms with Crippen LogP contribution in [0.5, 0.6) is 11.5 Å². The number of alkyl halides is 1. The van der Waals surface area contributed by atoms with Crippen LogP contribution in [-0.2, 0) is 0 Å². The van der Waals surface area contributed by atoms with Gasteiger partial charge in [-0.15, -0.1) is 12.4 Å². The van der Waals surface area contributed by atoms with E-state index in [-0.39, 0.29) is 23.9 Å². The average molecular weight is 568 g/mol. The average Bonchev–Trinajstić information content (AvgIpc) is 3.26. The molecule has 2 saturated heterocycles. The molecule has 2 aliphatic heterocycles. The Morgan fingerprint density at radius 2 is 1.73 bits per heavy atom. The number of likely N-dealkylation sites (tertiary alicyclic amines) is 1. The minimum atomic E-state index is -1.19. The summed E-state index contributed by atoms with van der Waals surface area (Å²) < 4.78 is 24.6. The summed E-state index contributed by atoms with van der Waals surface area (Å²) >= 11 is 0. The molecule has 0 saturated carbocycles. The van der Waals surface area contributed by atoms with Crippen molar-refractivity contribution >= 4 is 29.4 Å². The molecule has 40 heavy (non-hydrogen) atoms. The monoisotopic (exact) mass is 567 g/mol. The predicted molar refractivity (Wildman–Crippen MR) is 157 cm³/mol. The van der Waals surface area contributed by atoms with Crippen LogP contribution in [0.1, 0.15) is 31.7 Å².